The molecule has 6 heteroatoms. The van der Waals surface area contributed by atoms with Crippen LogP contribution in [0.3, 0.4) is 0 Å². The molecule has 2 rings (SSSR count). The summed E-state index contributed by atoms with van der Waals surface area (Å²) in [7, 11) is 0. The predicted octanol–water partition coefficient (Wildman–Crippen LogP) is 2.28. The van der Waals surface area contributed by atoms with Crippen LogP contribution in [0.1, 0.15) is 11.1 Å². The summed E-state index contributed by atoms with van der Waals surface area (Å²) in [6, 6.07) is 5.81. The standard InChI is InChI=1S/C10H10N4S2/c1-6-2-3-7(9(11)12)8(4-6)15-10-13-5-14-16-10/h2-5H,1H3,(H3,11,12). The Kier molecular flexibility index (Phi) is 3.21. The highest BCUT2D eigenvalue weighted by molar-refractivity contribution is 8.01. The molecule has 0 spiro atoms. The van der Waals surface area contributed by atoms with E-state index in [1.165, 1.54) is 29.6 Å². The van der Waals surface area contributed by atoms with Gasteiger partial charge in [-0.3, -0.25) is 5.41 Å². The molecule has 0 fully saturated rings. The van der Waals surface area contributed by atoms with Crippen LogP contribution in [0.4, 0.5) is 0 Å². The fourth-order valence-electron chi connectivity index (χ4n) is 1.24. The minimum absolute atomic E-state index is 0.0759. The first-order valence-electron chi connectivity index (χ1n) is 4.56. The van der Waals surface area contributed by atoms with Crippen molar-refractivity contribution in [1.29, 1.82) is 5.41 Å². The van der Waals surface area contributed by atoms with Crippen LogP contribution in [-0.4, -0.2) is 15.2 Å². The summed E-state index contributed by atoms with van der Waals surface area (Å²) in [5.41, 5.74) is 7.41. The first-order chi connectivity index (χ1) is 7.66. The molecule has 82 valence electrons. The second kappa shape index (κ2) is 4.63. The number of benzene rings is 1. The van der Waals surface area contributed by atoms with Crippen LogP contribution in [0.15, 0.2) is 33.8 Å². The molecule has 0 atom stereocenters. The second-order valence-corrected chi connectivity index (χ2v) is 5.29. The van der Waals surface area contributed by atoms with Crippen LogP contribution in [0, 0.1) is 12.3 Å². The maximum atomic E-state index is 7.51. The van der Waals surface area contributed by atoms with E-state index in [-0.39, 0.29) is 5.84 Å². The van der Waals surface area contributed by atoms with Gasteiger partial charge >= 0.3 is 0 Å². The average molecular weight is 250 g/mol. The van der Waals surface area contributed by atoms with Crippen molar-refractivity contribution in [1.82, 2.24) is 9.36 Å². The maximum absolute atomic E-state index is 7.51. The van der Waals surface area contributed by atoms with Crippen molar-refractivity contribution < 1.29 is 0 Å². The highest BCUT2D eigenvalue weighted by Gasteiger charge is 2.09. The molecule has 0 bridgehead atoms. The summed E-state index contributed by atoms with van der Waals surface area (Å²) >= 11 is 2.82. The quantitative estimate of drug-likeness (QED) is 0.647. The third-order valence-electron chi connectivity index (χ3n) is 1.97. The number of aryl methyl sites for hydroxylation is 1. The van der Waals surface area contributed by atoms with E-state index in [0.717, 1.165) is 20.4 Å². The molecule has 2 aromatic rings. The molecule has 1 aromatic heterocycles. The van der Waals surface area contributed by atoms with Crippen LogP contribution in [0.5, 0.6) is 0 Å². The van der Waals surface area contributed by atoms with Gasteiger partial charge in [0.15, 0.2) is 4.34 Å². The Morgan fingerprint density at radius 1 is 1.50 bits per heavy atom. The number of aromatic nitrogens is 2. The lowest BCUT2D eigenvalue weighted by Crippen LogP contribution is -2.12. The maximum Gasteiger partial charge on any atom is 0.174 e. The lowest BCUT2D eigenvalue weighted by Gasteiger charge is -2.06. The number of amidine groups is 1. The van der Waals surface area contributed by atoms with E-state index in [4.69, 9.17) is 11.1 Å². The Morgan fingerprint density at radius 2 is 2.31 bits per heavy atom. The Hall–Kier alpha value is -1.40. The highest BCUT2D eigenvalue weighted by atomic mass is 32.2. The summed E-state index contributed by atoms with van der Waals surface area (Å²) in [5.74, 6) is 0.0759. The van der Waals surface area contributed by atoms with Crippen molar-refractivity contribution in [3.05, 3.63) is 35.7 Å². The zero-order valence-electron chi connectivity index (χ0n) is 8.60. The number of nitrogen functional groups attached to an aromatic ring is 1. The monoisotopic (exact) mass is 250 g/mol. The largest absolute Gasteiger partial charge is 0.384 e. The number of nitrogens with two attached hydrogens (primary N) is 1. The van der Waals surface area contributed by atoms with Crippen LogP contribution in [0.2, 0.25) is 0 Å². The van der Waals surface area contributed by atoms with Crippen LogP contribution in [-0.2, 0) is 0 Å². The van der Waals surface area contributed by atoms with Gasteiger partial charge in [-0.25, -0.2) is 4.98 Å². The average Bonchev–Trinajstić information content (AvgIpc) is 2.70. The third-order valence-corrected chi connectivity index (χ3v) is 3.74. The lowest BCUT2D eigenvalue weighted by atomic mass is 10.1. The number of nitrogens with one attached hydrogen (secondary N) is 1. The van der Waals surface area contributed by atoms with E-state index in [1.807, 2.05) is 25.1 Å². The second-order valence-electron chi connectivity index (χ2n) is 3.22. The molecule has 0 amide bonds. The summed E-state index contributed by atoms with van der Waals surface area (Å²) in [6.07, 6.45) is 1.52. The summed E-state index contributed by atoms with van der Waals surface area (Å²) in [5, 5.41) is 7.51. The predicted molar refractivity (Wildman–Crippen MR) is 66.2 cm³/mol. The first-order valence-corrected chi connectivity index (χ1v) is 6.15. The summed E-state index contributed by atoms with van der Waals surface area (Å²) in [6.45, 7) is 2.01. The molecule has 0 aliphatic rings. The molecular formula is C10H10N4S2. The van der Waals surface area contributed by atoms with Crippen molar-refractivity contribution >= 4 is 29.1 Å². The van der Waals surface area contributed by atoms with Gasteiger partial charge in [0.05, 0.1) is 0 Å². The third kappa shape index (κ3) is 2.40. The Labute approximate surface area is 102 Å². The van der Waals surface area contributed by atoms with Gasteiger partial charge in [0.2, 0.25) is 0 Å². The number of rotatable bonds is 3. The van der Waals surface area contributed by atoms with Gasteiger partial charge in [-0.1, -0.05) is 17.8 Å². The molecule has 0 saturated carbocycles. The van der Waals surface area contributed by atoms with Gasteiger partial charge in [0, 0.05) is 10.5 Å². The van der Waals surface area contributed by atoms with E-state index in [9.17, 15) is 0 Å². The zero-order chi connectivity index (χ0) is 11.5. The molecule has 4 nitrogen and oxygen atoms in total. The number of nitrogens with zero attached hydrogens (tertiary/aromatic N) is 2. The van der Waals surface area contributed by atoms with Crippen molar-refractivity contribution in [3.63, 3.8) is 0 Å². The van der Waals surface area contributed by atoms with Crippen LogP contribution < -0.4 is 5.73 Å². The SMILES string of the molecule is Cc1ccc(C(=N)N)c(Sc2ncns2)c1. The Morgan fingerprint density at radius 3 is 2.94 bits per heavy atom. The first kappa shape index (κ1) is 11.1. The molecular weight excluding hydrogens is 240 g/mol. The van der Waals surface area contributed by atoms with Crippen molar-refractivity contribution in [3.8, 4) is 0 Å². The van der Waals surface area contributed by atoms with Crippen molar-refractivity contribution in [2.45, 2.75) is 16.2 Å². The van der Waals surface area contributed by atoms with Crippen molar-refractivity contribution in [2.75, 3.05) is 0 Å². The lowest BCUT2D eigenvalue weighted by molar-refractivity contribution is 1.21. The molecule has 0 saturated heterocycles. The molecule has 0 aliphatic heterocycles. The number of hydrogen-bond donors (Lipinski definition) is 2. The van der Waals surface area contributed by atoms with Crippen molar-refractivity contribution in [2.24, 2.45) is 5.73 Å². The fourth-order valence-corrected chi connectivity index (χ4v) is 2.89. The van der Waals surface area contributed by atoms with E-state index in [1.54, 1.807) is 0 Å². The minimum atomic E-state index is 0.0759. The van der Waals surface area contributed by atoms with Gasteiger partial charge in [-0.05, 0) is 36.2 Å². The topological polar surface area (TPSA) is 75.7 Å². The summed E-state index contributed by atoms with van der Waals surface area (Å²) in [4.78, 5) is 5.05. The molecule has 1 heterocycles. The molecule has 0 radical (unpaired) electrons. The van der Waals surface area contributed by atoms with Crippen LogP contribution in [0.25, 0.3) is 0 Å². The fraction of sp³-hybridized carbons (Fsp3) is 0.100. The normalized spacial score (nSPS) is 10.3. The molecule has 0 aliphatic carbocycles. The van der Waals surface area contributed by atoms with E-state index < -0.39 is 0 Å². The highest BCUT2D eigenvalue weighted by Crippen LogP contribution is 2.31. The molecule has 3 N–H and O–H groups in total. The van der Waals surface area contributed by atoms with E-state index in [0.29, 0.717) is 0 Å². The van der Waals surface area contributed by atoms with Gasteiger partial charge in [-0.15, -0.1) is 0 Å². The zero-order valence-corrected chi connectivity index (χ0v) is 10.2. The van der Waals surface area contributed by atoms with Gasteiger partial charge < -0.3 is 5.73 Å². The molecule has 1 aromatic carbocycles. The number of hydrogen-bond acceptors (Lipinski definition) is 5. The molecule has 0 unspecified atom stereocenters. The smallest absolute Gasteiger partial charge is 0.174 e. The van der Waals surface area contributed by atoms with Gasteiger partial charge in [-0.2, -0.15) is 4.37 Å². The van der Waals surface area contributed by atoms with Gasteiger partial charge in [0.1, 0.15) is 12.2 Å². The molecule has 16 heavy (non-hydrogen) atoms. The Balaban J connectivity index is 2.38. The van der Waals surface area contributed by atoms with Crippen LogP contribution >= 0.6 is 23.3 Å². The summed E-state index contributed by atoms with van der Waals surface area (Å²) < 4.78 is 4.79. The Bertz CT molecular complexity index is 508. The minimum Gasteiger partial charge on any atom is -0.384 e. The van der Waals surface area contributed by atoms with Gasteiger partial charge in [0.25, 0.3) is 0 Å². The van der Waals surface area contributed by atoms with E-state index in [2.05, 4.69) is 9.36 Å². The van der Waals surface area contributed by atoms with E-state index >= 15 is 0 Å².